The molecule has 100 valence electrons. The van der Waals surface area contributed by atoms with E-state index in [1.165, 1.54) is 0 Å². The highest BCUT2D eigenvalue weighted by Gasteiger charge is 2.46. The lowest BCUT2D eigenvalue weighted by Gasteiger charge is -2.42. The number of carbonyl (C=O) groups excluding carboxylic acids is 1. The van der Waals surface area contributed by atoms with Crippen molar-refractivity contribution < 1.29 is 14.6 Å². The second-order valence-corrected chi connectivity index (χ2v) is 5.78. The average molecular weight is 242 g/mol. The fourth-order valence-electron chi connectivity index (χ4n) is 3.19. The van der Waals surface area contributed by atoms with Gasteiger partial charge in [0.05, 0.1) is 18.1 Å². The molecule has 0 aromatic heterocycles. The molecular weight excluding hydrogens is 216 g/mol. The van der Waals surface area contributed by atoms with Crippen molar-refractivity contribution in [3.63, 3.8) is 0 Å². The molecule has 0 aromatic rings. The maximum absolute atomic E-state index is 12.0. The summed E-state index contributed by atoms with van der Waals surface area (Å²) in [6.45, 7) is 8.31. The highest BCUT2D eigenvalue weighted by molar-refractivity contribution is 5.74. The summed E-state index contributed by atoms with van der Waals surface area (Å²) in [6, 6.07) is 0. The molecule has 0 spiro atoms. The Bertz CT molecular complexity index is 262. The molecule has 0 radical (unpaired) electrons. The highest BCUT2D eigenvalue weighted by Crippen LogP contribution is 2.40. The van der Waals surface area contributed by atoms with E-state index >= 15 is 0 Å². The van der Waals surface area contributed by atoms with E-state index in [0.29, 0.717) is 18.9 Å². The highest BCUT2D eigenvalue weighted by atomic mass is 16.5. The van der Waals surface area contributed by atoms with Gasteiger partial charge in [-0.1, -0.05) is 33.6 Å². The number of aliphatic hydroxyl groups is 1. The molecule has 0 saturated heterocycles. The molecule has 1 aliphatic carbocycles. The monoisotopic (exact) mass is 242 g/mol. The van der Waals surface area contributed by atoms with E-state index in [0.717, 1.165) is 19.3 Å². The zero-order chi connectivity index (χ0) is 13.1. The van der Waals surface area contributed by atoms with Gasteiger partial charge < -0.3 is 9.84 Å². The standard InChI is InChI=1S/C14H26O3/c1-5-17-13(15)12(10(2)3)14(16)8-6-7-11(4)9-14/h10-12,16H,5-9H2,1-4H3. The van der Waals surface area contributed by atoms with Gasteiger partial charge >= 0.3 is 5.97 Å². The van der Waals surface area contributed by atoms with Crippen LogP contribution in [0.4, 0.5) is 0 Å². The van der Waals surface area contributed by atoms with Crippen LogP contribution < -0.4 is 0 Å². The minimum Gasteiger partial charge on any atom is -0.466 e. The van der Waals surface area contributed by atoms with Crippen LogP contribution in [0.3, 0.4) is 0 Å². The first-order chi connectivity index (χ1) is 7.90. The number of ether oxygens (including phenoxy) is 1. The summed E-state index contributed by atoms with van der Waals surface area (Å²) in [7, 11) is 0. The normalized spacial score (nSPS) is 31.3. The maximum Gasteiger partial charge on any atom is 0.312 e. The second kappa shape index (κ2) is 5.85. The Morgan fingerprint density at radius 1 is 1.53 bits per heavy atom. The van der Waals surface area contributed by atoms with Crippen molar-refractivity contribution in [3.05, 3.63) is 0 Å². The van der Waals surface area contributed by atoms with Crippen LogP contribution in [0.5, 0.6) is 0 Å². The molecule has 17 heavy (non-hydrogen) atoms. The van der Waals surface area contributed by atoms with Crippen molar-refractivity contribution in [3.8, 4) is 0 Å². The van der Waals surface area contributed by atoms with Crippen LogP contribution in [0.15, 0.2) is 0 Å². The van der Waals surface area contributed by atoms with Crippen molar-refractivity contribution in [2.45, 2.75) is 59.0 Å². The fraction of sp³-hybridized carbons (Fsp3) is 0.929. The molecule has 3 heteroatoms. The lowest BCUT2D eigenvalue weighted by Crippen LogP contribution is -2.48. The summed E-state index contributed by atoms with van der Waals surface area (Å²) in [4.78, 5) is 12.0. The van der Waals surface area contributed by atoms with Crippen LogP contribution in [-0.2, 0) is 9.53 Å². The smallest absolute Gasteiger partial charge is 0.312 e. The van der Waals surface area contributed by atoms with E-state index in [1.807, 2.05) is 20.8 Å². The molecule has 0 heterocycles. The summed E-state index contributed by atoms with van der Waals surface area (Å²) in [5.41, 5.74) is -0.863. The quantitative estimate of drug-likeness (QED) is 0.771. The van der Waals surface area contributed by atoms with E-state index in [1.54, 1.807) is 0 Å². The first-order valence-electron chi connectivity index (χ1n) is 6.79. The van der Waals surface area contributed by atoms with Crippen molar-refractivity contribution in [2.24, 2.45) is 17.8 Å². The SMILES string of the molecule is CCOC(=O)C(C(C)C)C1(O)CCCC(C)C1. The molecule has 1 N–H and O–H groups in total. The van der Waals surface area contributed by atoms with Gasteiger partial charge in [0.1, 0.15) is 0 Å². The Morgan fingerprint density at radius 3 is 2.65 bits per heavy atom. The van der Waals surface area contributed by atoms with Crippen LogP contribution >= 0.6 is 0 Å². The summed E-state index contributed by atoms with van der Waals surface area (Å²) in [5.74, 6) is -0.0157. The third-order valence-corrected chi connectivity index (χ3v) is 3.79. The number of hydrogen-bond acceptors (Lipinski definition) is 3. The molecule has 1 saturated carbocycles. The summed E-state index contributed by atoms with van der Waals surface area (Å²) >= 11 is 0. The first-order valence-corrected chi connectivity index (χ1v) is 6.79. The lowest BCUT2D eigenvalue weighted by atomic mass is 9.68. The maximum atomic E-state index is 12.0. The van der Waals surface area contributed by atoms with Crippen molar-refractivity contribution in [2.75, 3.05) is 6.61 Å². The number of carbonyl (C=O) groups is 1. The number of hydrogen-bond donors (Lipinski definition) is 1. The molecule has 1 aliphatic rings. The summed E-state index contributed by atoms with van der Waals surface area (Å²) in [5, 5.41) is 10.8. The van der Waals surface area contributed by atoms with Gasteiger partial charge in [-0.3, -0.25) is 4.79 Å². The molecule has 1 fully saturated rings. The van der Waals surface area contributed by atoms with Gasteiger partial charge in [0, 0.05) is 0 Å². The zero-order valence-electron chi connectivity index (χ0n) is 11.5. The van der Waals surface area contributed by atoms with Crippen LogP contribution in [0, 0.1) is 17.8 Å². The van der Waals surface area contributed by atoms with E-state index < -0.39 is 5.60 Å². The molecule has 1 rings (SSSR count). The van der Waals surface area contributed by atoms with Crippen LogP contribution in [0.2, 0.25) is 0 Å². The van der Waals surface area contributed by atoms with Gasteiger partial charge in [-0.25, -0.2) is 0 Å². The van der Waals surface area contributed by atoms with Gasteiger partial charge in [-0.15, -0.1) is 0 Å². The van der Waals surface area contributed by atoms with E-state index in [9.17, 15) is 9.90 Å². The number of esters is 1. The van der Waals surface area contributed by atoms with Crippen LogP contribution in [0.1, 0.15) is 53.4 Å². The Kier molecular flexibility index (Phi) is 4.99. The Labute approximate surface area is 105 Å². The van der Waals surface area contributed by atoms with E-state index in [-0.39, 0.29) is 17.8 Å². The van der Waals surface area contributed by atoms with Crippen LogP contribution in [-0.4, -0.2) is 23.3 Å². The van der Waals surface area contributed by atoms with Crippen molar-refractivity contribution in [1.29, 1.82) is 0 Å². The van der Waals surface area contributed by atoms with Crippen molar-refractivity contribution >= 4 is 5.97 Å². The van der Waals surface area contributed by atoms with E-state index in [2.05, 4.69) is 6.92 Å². The Hall–Kier alpha value is -0.570. The molecule has 0 amide bonds. The molecular formula is C14H26O3. The van der Waals surface area contributed by atoms with Crippen molar-refractivity contribution in [1.82, 2.24) is 0 Å². The van der Waals surface area contributed by atoms with Gasteiger partial charge in [-0.2, -0.15) is 0 Å². The van der Waals surface area contributed by atoms with Gasteiger partial charge in [0.15, 0.2) is 0 Å². The minimum atomic E-state index is -0.863. The molecule has 3 atom stereocenters. The third kappa shape index (κ3) is 3.44. The lowest BCUT2D eigenvalue weighted by molar-refractivity contribution is -0.166. The van der Waals surface area contributed by atoms with Gasteiger partial charge in [-0.05, 0) is 31.6 Å². The van der Waals surface area contributed by atoms with E-state index in [4.69, 9.17) is 4.74 Å². The molecule has 0 bridgehead atoms. The zero-order valence-corrected chi connectivity index (χ0v) is 11.5. The predicted molar refractivity (Wildman–Crippen MR) is 67.5 cm³/mol. The van der Waals surface area contributed by atoms with Gasteiger partial charge in [0.25, 0.3) is 0 Å². The topological polar surface area (TPSA) is 46.5 Å². The first kappa shape index (κ1) is 14.5. The molecule has 0 aliphatic heterocycles. The Morgan fingerprint density at radius 2 is 2.18 bits per heavy atom. The third-order valence-electron chi connectivity index (χ3n) is 3.79. The molecule has 0 aromatic carbocycles. The molecule has 3 nitrogen and oxygen atoms in total. The second-order valence-electron chi connectivity index (χ2n) is 5.78. The average Bonchev–Trinajstić information content (AvgIpc) is 2.15. The minimum absolute atomic E-state index is 0.115. The summed E-state index contributed by atoms with van der Waals surface area (Å²) in [6.07, 6.45) is 3.59. The molecule has 3 unspecified atom stereocenters. The number of rotatable bonds is 4. The largest absolute Gasteiger partial charge is 0.466 e. The van der Waals surface area contributed by atoms with Crippen LogP contribution in [0.25, 0.3) is 0 Å². The van der Waals surface area contributed by atoms with Gasteiger partial charge in [0.2, 0.25) is 0 Å². The predicted octanol–water partition coefficient (Wildman–Crippen LogP) is 2.76. The fourth-order valence-corrected chi connectivity index (χ4v) is 3.19. The Balaban J connectivity index is 2.84. The summed E-state index contributed by atoms with van der Waals surface area (Å²) < 4.78 is 5.12.